The molecule has 0 saturated carbocycles. The summed E-state index contributed by atoms with van der Waals surface area (Å²) in [4.78, 5) is 11.9. The average molecular weight is 285 g/mol. The maximum Gasteiger partial charge on any atom is 0.262 e. The van der Waals surface area contributed by atoms with Gasteiger partial charge in [0.1, 0.15) is 11.5 Å². The normalized spacial score (nSPS) is 10.2. The Kier molecular flexibility index (Phi) is 4.48. The molecule has 0 saturated heterocycles. The molecule has 0 fully saturated rings. The molecule has 110 valence electrons. The number of aromatic hydroxyl groups is 1. The first-order chi connectivity index (χ1) is 9.95. The van der Waals surface area contributed by atoms with Crippen LogP contribution in [0, 0.1) is 20.8 Å². The highest BCUT2D eigenvalue weighted by Gasteiger charge is 2.08. The van der Waals surface area contributed by atoms with Crippen molar-refractivity contribution in [2.75, 3.05) is 11.9 Å². The Morgan fingerprint density at radius 3 is 2.48 bits per heavy atom. The van der Waals surface area contributed by atoms with Crippen LogP contribution < -0.4 is 10.1 Å². The second kappa shape index (κ2) is 6.31. The van der Waals surface area contributed by atoms with E-state index >= 15 is 0 Å². The minimum absolute atomic E-state index is 0.0510. The summed E-state index contributed by atoms with van der Waals surface area (Å²) in [6, 6.07) is 10.9. The molecule has 1 amide bonds. The van der Waals surface area contributed by atoms with Gasteiger partial charge in [0.15, 0.2) is 6.61 Å². The number of amides is 1. The zero-order chi connectivity index (χ0) is 15.4. The summed E-state index contributed by atoms with van der Waals surface area (Å²) in [5.41, 5.74) is 3.37. The van der Waals surface area contributed by atoms with E-state index in [-0.39, 0.29) is 18.3 Å². The van der Waals surface area contributed by atoms with Crippen LogP contribution in [0.4, 0.5) is 5.69 Å². The van der Waals surface area contributed by atoms with Gasteiger partial charge in [0.05, 0.1) is 5.69 Å². The number of hydrogen-bond donors (Lipinski definition) is 2. The number of ether oxygens (including phenoxy) is 1. The number of nitrogens with one attached hydrogen (secondary N) is 1. The van der Waals surface area contributed by atoms with Crippen molar-refractivity contribution in [3.8, 4) is 11.5 Å². The largest absolute Gasteiger partial charge is 0.506 e. The van der Waals surface area contributed by atoms with Gasteiger partial charge < -0.3 is 15.2 Å². The smallest absolute Gasteiger partial charge is 0.262 e. The predicted octanol–water partition coefficient (Wildman–Crippen LogP) is 3.33. The van der Waals surface area contributed by atoms with Crippen LogP contribution in [-0.2, 0) is 4.79 Å². The molecule has 0 aliphatic rings. The van der Waals surface area contributed by atoms with Crippen LogP contribution in [0.3, 0.4) is 0 Å². The van der Waals surface area contributed by atoms with Crippen LogP contribution >= 0.6 is 0 Å². The Morgan fingerprint density at radius 2 is 1.76 bits per heavy atom. The Bertz CT molecular complexity index is 665. The zero-order valence-corrected chi connectivity index (χ0v) is 12.4. The van der Waals surface area contributed by atoms with Crippen molar-refractivity contribution >= 4 is 11.6 Å². The maximum absolute atomic E-state index is 11.9. The first-order valence-corrected chi connectivity index (χ1v) is 6.75. The Hall–Kier alpha value is -2.49. The quantitative estimate of drug-likeness (QED) is 0.847. The van der Waals surface area contributed by atoms with Crippen molar-refractivity contribution in [2.24, 2.45) is 0 Å². The molecule has 4 nitrogen and oxygen atoms in total. The van der Waals surface area contributed by atoms with Crippen LogP contribution in [0.25, 0.3) is 0 Å². The van der Waals surface area contributed by atoms with Gasteiger partial charge in [0.2, 0.25) is 0 Å². The molecule has 0 aliphatic heterocycles. The molecule has 0 unspecified atom stereocenters. The minimum Gasteiger partial charge on any atom is -0.506 e. The lowest BCUT2D eigenvalue weighted by atomic mass is 10.1. The first kappa shape index (κ1) is 14.9. The summed E-state index contributed by atoms with van der Waals surface area (Å²) in [7, 11) is 0. The highest BCUT2D eigenvalue weighted by Crippen LogP contribution is 2.24. The predicted molar refractivity (Wildman–Crippen MR) is 82.9 cm³/mol. The number of phenolic OH excluding ortho intramolecular Hbond substituents is 1. The number of benzene rings is 2. The number of anilines is 1. The van der Waals surface area contributed by atoms with E-state index in [1.165, 1.54) is 0 Å². The number of hydrogen-bond acceptors (Lipinski definition) is 3. The molecule has 0 bridgehead atoms. The van der Waals surface area contributed by atoms with Crippen molar-refractivity contribution in [1.29, 1.82) is 0 Å². The molecular weight excluding hydrogens is 266 g/mol. The molecule has 2 aromatic rings. The number of rotatable bonds is 4. The van der Waals surface area contributed by atoms with E-state index in [1.54, 1.807) is 12.1 Å². The molecule has 2 aromatic carbocycles. The van der Waals surface area contributed by atoms with E-state index in [1.807, 2.05) is 45.0 Å². The van der Waals surface area contributed by atoms with E-state index in [9.17, 15) is 9.90 Å². The molecule has 0 atom stereocenters. The van der Waals surface area contributed by atoms with Crippen molar-refractivity contribution in [2.45, 2.75) is 20.8 Å². The van der Waals surface area contributed by atoms with Gasteiger partial charge in [-0.15, -0.1) is 0 Å². The topological polar surface area (TPSA) is 58.6 Å². The van der Waals surface area contributed by atoms with Gasteiger partial charge in [-0.25, -0.2) is 0 Å². The van der Waals surface area contributed by atoms with Crippen molar-refractivity contribution in [3.63, 3.8) is 0 Å². The van der Waals surface area contributed by atoms with Crippen molar-refractivity contribution in [1.82, 2.24) is 0 Å². The molecule has 0 heterocycles. The van der Waals surface area contributed by atoms with Gasteiger partial charge in [0, 0.05) is 0 Å². The number of carbonyl (C=O) groups is 1. The van der Waals surface area contributed by atoms with E-state index in [0.717, 1.165) is 16.7 Å². The van der Waals surface area contributed by atoms with Gasteiger partial charge in [-0.2, -0.15) is 0 Å². The summed E-state index contributed by atoms with van der Waals surface area (Å²) < 4.78 is 5.52. The van der Waals surface area contributed by atoms with Crippen LogP contribution in [0.2, 0.25) is 0 Å². The number of aryl methyl sites for hydroxylation is 3. The Labute approximate surface area is 124 Å². The highest BCUT2D eigenvalue weighted by atomic mass is 16.5. The lowest BCUT2D eigenvalue weighted by Crippen LogP contribution is -2.20. The molecule has 2 N–H and O–H groups in total. The zero-order valence-electron chi connectivity index (χ0n) is 12.4. The van der Waals surface area contributed by atoms with E-state index in [0.29, 0.717) is 11.4 Å². The lowest BCUT2D eigenvalue weighted by Gasteiger charge is -2.11. The van der Waals surface area contributed by atoms with Crippen LogP contribution in [-0.4, -0.2) is 17.6 Å². The second-order valence-corrected chi connectivity index (χ2v) is 5.13. The third-order valence-corrected chi connectivity index (χ3v) is 3.13. The maximum atomic E-state index is 11.9. The summed E-state index contributed by atoms with van der Waals surface area (Å²) in [5.74, 6) is 0.434. The van der Waals surface area contributed by atoms with E-state index < -0.39 is 0 Å². The van der Waals surface area contributed by atoms with Crippen molar-refractivity contribution < 1.29 is 14.6 Å². The molecule has 0 aromatic heterocycles. The molecule has 0 spiro atoms. The fraction of sp³-hybridized carbons (Fsp3) is 0.235. The van der Waals surface area contributed by atoms with Crippen LogP contribution in [0.5, 0.6) is 11.5 Å². The van der Waals surface area contributed by atoms with Crippen molar-refractivity contribution in [3.05, 3.63) is 53.1 Å². The third-order valence-electron chi connectivity index (χ3n) is 3.13. The SMILES string of the molecule is Cc1ccc(NC(=O)COc2cc(C)ccc2C)c(O)c1. The molecule has 2 rings (SSSR count). The van der Waals surface area contributed by atoms with Gasteiger partial charge >= 0.3 is 0 Å². The Morgan fingerprint density at radius 1 is 1.10 bits per heavy atom. The van der Waals surface area contributed by atoms with Crippen LogP contribution in [0.15, 0.2) is 36.4 Å². The highest BCUT2D eigenvalue weighted by molar-refractivity contribution is 5.93. The molecular formula is C17H19NO3. The molecule has 0 aliphatic carbocycles. The number of phenols is 1. The first-order valence-electron chi connectivity index (χ1n) is 6.75. The van der Waals surface area contributed by atoms with Crippen LogP contribution in [0.1, 0.15) is 16.7 Å². The minimum atomic E-state index is -0.310. The monoisotopic (exact) mass is 285 g/mol. The molecule has 21 heavy (non-hydrogen) atoms. The number of carbonyl (C=O) groups excluding carboxylic acids is 1. The van der Waals surface area contributed by atoms with E-state index in [2.05, 4.69) is 5.32 Å². The molecule has 0 radical (unpaired) electrons. The van der Waals surface area contributed by atoms with E-state index in [4.69, 9.17) is 4.74 Å². The summed E-state index contributed by atoms with van der Waals surface area (Å²) >= 11 is 0. The average Bonchev–Trinajstić information content (AvgIpc) is 2.43. The van der Waals surface area contributed by atoms with Gasteiger partial charge in [-0.1, -0.05) is 18.2 Å². The fourth-order valence-corrected chi connectivity index (χ4v) is 1.94. The van der Waals surface area contributed by atoms with Gasteiger partial charge in [-0.3, -0.25) is 4.79 Å². The fourth-order valence-electron chi connectivity index (χ4n) is 1.94. The third kappa shape index (κ3) is 3.99. The lowest BCUT2D eigenvalue weighted by molar-refractivity contribution is -0.118. The summed E-state index contributed by atoms with van der Waals surface area (Å²) in [6.07, 6.45) is 0. The van der Waals surface area contributed by atoms with Gasteiger partial charge in [-0.05, 0) is 55.7 Å². The second-order valence-electron chi connectivity index (χ2n) is 5.13. The summed E-state index contributed by atoms with van der Waals surface area (Å²) in [5, 5.41) is 12.4. The Balaban J connectivity index is 1.97. The summed E-state index contributed by atoms with van der Waals surface area (Å²) in [6.45, 7) is 5.67. The standard InChI is InChI=1S/C17H19NO3/c1-11-5-7-14(15(19)8-11)18-17(20)10-21-16-9-12(2)4-6-13(16)3/h4-9,19H,10H2,1-3H3,(H,18,20). The molecule has 4 heteroatoms. The van der Waals surface area contributed by atoms with Gasteiger partial charge in [0.25, 0.3) is 5.91 Å².